The minimum absolute atomic E-state index is 0.543. The molecule has 0 aliphatic carbocycles. The molecule has 0 amide bonds. The monoisotopic (exact) mass is 347 g/mol. The van der Waals surface area contributed by atoms with E-state index in [1.54, 1.807) is 13.3 Å². The number of benzene rings is 2. The van der Waals surface area contributed by atoms with Crippen molar-refractivity contribution in [2.45, 2.75) is 12.8 Å². The van der Waals surface area contributed by atoms with Crippen LogP contribution in [0.25, 0.3) is 0 Å². The highest BCUT2D eigenvalue weighted by Gasteiger charge is 2.21. The number of rotatable bonds is 6. The quantitative estimate of drug-likeness (QED) is 0.739. The average Bonchev–Trinajstić information content (AvgIpc) is 3.13. The summed E-state index contributed by atoms with van der Waals surface area (Å²) in [5.74, 6) is 2.27. The van der Waals surface area contributed by atoms with Crippen molar-refractivity contribution in [2.24, 2.45) is 0 Å². The molecule has 1 N–H and O–H groups in total. The first kappa shape index (κ1) is 16.3. The molecule has 0 saturated carbocycles. The predicted octanol–water partition coefficient (Wildman–Crippen LogP) is 3.23. The molecule has 0 saturated heterocycles. The molecule has 26 heavy (non-hydrogen) atoms. The summed E-state index contributed by atoms with van der Waals surface area (Å²) < 4.78 is 5.39. The van der Waals surface area contributed by atoms with E-state index >= 15 is 0 Å². The van der Waals surface area contributed by atoms with Crippen molar-refractivity contribution in [3.8, 4) is 5.75 Å². The molecule has 1 aliphatic rings. The van der Waals surface area contributed by atoms with Crippen LogP contribution in [0.4, 0.5) is 17.5 Å². The van der Waals surface area contributed by atoms with Crippen LogP contribution in [0.1, 0.15) is 11.1 Å². The van der Waals surface area contributed by atoms with Gasteiger partial charge in [-0.05, 0) is 36.1 Å². The summed E-state index contributed by atoms with van der Waals surface area (Å²) in [5, 5.41) is 11.5. The first-order valence-corrected chi connectivity index (χ1v) is 8.76. The fraction of sp³-hybridized carbons (Fsp3) is 0.250. The molecule has 3 aromatic rings. The molecular formula is C20H21N5O. The number of aromatic nitrogens is 3. The Morgan fingerprint density at radius 3 is 2.88 bits per heavy atom. The zero-order valence-electron chi connectivity index (χ0n) is 14.7. The zero-order chi connectivity index (χ0) is 17.8. The number of hydrogen-bond acceptors (Lipinski definition) is 6. The van der Waals surface area contributed by atoms with Crippen molar-refractivity contribution in [1.82, 2.24) is 15.2 Å². The number of para-hydroxylation sites is 2. The van der Waals surface area contributed by atoms with E-state index in [4.69, 9.17) is 4.74 Å². The first-order chi connectivity index (χ1) is 12.8. The van der Waals surface area contributed by atoms with Crippen LogP contribution in [0.3, 0.4) is 0 Å². The highest BCUT2D eigenvalue weighted by Crippen LogP contribution is 2.32. The van der Waals surface area contributed by atoms with Crippen LogP contribution < -0.4 is 15.0 Å². The van der Waals surface area contributed by atoms with Crippen LogP contribution in [0.2, 0.25) is 0 Å². The normalized spacial score (nSPS) is 12.7. The highest BCUT2D eigenvalue weighted by atomic mass is 16.5. The maximum absolute atomic E-state index is 5.39. The molecule has 2 heterocycles. The summed E-state index contributed by atoms with van der Waals surface area (Å²) in [4.78, 5) is 6.83. The standard InChI is InChI=1S/C20H21N5O/c1-26-18-9-5-3-7-16(18)10-12-21-20-23-19(14-22-24-20)25-13-11-15-6-2-4-8-17(15)25/h2-9,14H,10-13H2,1H3,(H,21,23,24). The van der Waals surface area contributed by atoms with Gasteiger partial charge in [0.2, 0.25) is 5.95 Å². The van der Waals surface area contributed by atoms with Gasteiger partial charge in [0.25, 0.3) is 0 Å². The number of ether oxygens (including phenoxy) is 1. The molecule has 6 heteroatoms. The van der Waals surface area contributed by atoms with Crippen LogP contribution in [-0.4, -0.2) is 35.4 Å². The lowest BCUT2D eigenvalue weighted by Crippen LogP contribution is -2.17. The van der Waals surface area contributed by atoms with Crippen molar-refractivity contribution in [2.75, 3.05) is 30.4 Å². The first-order valence-electron chi connectivity index (χ1n) is 8.76. The number of hydrogen-bond donors (Lipinski definition) is 1. The second-order valence-electron chi connectivity index (χ2n) is 6.16. The van der Waals surface area contributed by atoms with Crippen molar-refractivity contribution in [3.05, 3.63) is 65.9 Å². The third-order valence-corrected chi connectivity index (χ3v) is 4.58. The Balaban J connectivity index is 1.44. The molecule has 6 nitrogen and oxygen atoms in total. The Labute approximate surface area is 152 Å². The van der Waals surface area contributed by atoms with Crippen LogP contribution in [-0.2, 0) is 12.8 Å². The van der Waals surface area contributed by atoms with Crippen molar-refractivity contribution in [3.63, 3.8) is 0 Å². The molecule has 0 bridgehead atoms. The lowest BCUT2D eigenvalue weighted by atomic mass is 10.1. The molecule has 0 radical (unpaired) electrons. The van der Waals surface area contributed by atoms with Gasteiger partial charge in [0.05, 0.1) is 13.3 Å². The van der Waals surface area contributed by atoms with E-state index in [9.17, 15) is 0 Å². The summed E-state index contributed by atoms with van der Waals surface area (Å²) in [5.41, 5.74) is 3.70. The van der Waals surface area contributed by atoms with Gasteiger partial charge in [-0.2, -0.15) is 10.1 Å². The fourth-order valence-electron chi connectivity index (χ4n) is 3.29. The zero-order valence-corrected chi connectivity index (χ0v) is 14.7. The second-order valence-corrected chi connectivity index (χ2v) is 6.16. The fourth-order valence-corrected chi connectivity index (χ4v) is 3.29. The largest absolute Gasteiger partial charge is 0.496 e. The number of anilines is 3. The molecule has 2 aromatic carbocycles. The van der Waals surface area contributed by atoms with Gasteiger partial charge in [0.15, 0.2) is 5.82 Å². The number of methoxy groups -OCH3 is 1. The predicted molar refractivity (Wildman–Crippen MR) is 102 cm³/mol. The van der Waals surface area contributed by atoms with Crippen LogP contribution in [0.15, 0.2) is 54.7 Å². The Bertz CT molecular complexity index is 899. The summed E-state index contributed by atoms with van der Waals surface area (Å²) in [7, 11) is 1.69. The van der Waals surface area contributed by atoms with Crippen LogP contribution >= 0.6 is 0 Å². The Morgan fingerprint density at radius 2 is 1.96 bits per heavy atom. The minimum Gasteiger partial charge on any atom is -0.496 e. The Morgan fingerprint density at radius 1 is 1.12 bits per heavy atom. The second kappa shape index (κ2) is 7.39. The Hall–Kier alpha value is -3.15. The van der Waals surface area contributed by atoms with E-state index in [0.717, 1.165) is 36.5 Å². The van der Waals surface area contributed by atoms with E-state index in [1.807, 2.05) is 18.2 Å². The molecule has 4 rings (SSSR count). The SMILES string of the molecule is COc1ccccc1CCNc1nncc(N2CCc3ccccc32)n1. The summed E-state index contributed by atoms with van der Waals surface area (Å²) in [6, 6.07) is 16.4. The smallest absolute Gasteiger partial charge is 0.244 e. The molecule has 0 fully saturated rings. The molecule has 1 aromatic heterocycles. The highest BCUT2D eigenvalue weighted by molar-refractivity contribution is 5.67. The molecular weight excluding hydrogens is 326 g/mol. The minimum atomic E-state index is 0.543. The van der Waals surface area contributed by atoms with E-state index in [2.05, 4.69) is 55.7 Å². The summed E-state index contributed by atoms with van der Waals surface area (Å²) >= 11 is 0. The maximum Gasteiger partial charge on any atom is 0.244 e. The van der Waals surface area contributed by atoms with E-state index in [-0.39, 0.29) is 0 Å². The molecule has 1 aliphatic heterocycles. The number of nitrogens with one attached hydrogen (secondary N) is 1. The van der Waals surface area contributed by atoms with Crippen LogP contribution in [0, 0.1) is 0 Å². The van der Waals surface area contributed by atoms with Gasteiger partial charge in [-0.25, -0.2) is 0 Å². The third kappa shape index (κ3) is 3.31. The number of nitrogens with zero attached hydrogens (tertiary/aromatic N) is 4. The van der Waals surface area contributed by atoms with E-state index in [0.29, 0.717) is 12.5 Å². The van der Waals surface area contributed by atoms with Gasteiger partial charge < -0.3 is 15.0 Å². The molecule has 132 valence electrons. The van der Waals surface area contributed by atoms with Gasteiger partial charge >= 0.3 is 0 Å². The third-order valence-electron chi connectivity index (χ3n) is 4.58. The van der Waals surface area contributed by atoms with Crippen molar-refractivity contribution < 1.29 is 4.74 Å². The molecule has 0 unspecified atom stereocenters. The lowest BCUT2D eigenvalue weighted by Gasteiger charge is -2.18. The number of fused-ring (bicyclic) bond motifs is 1. The van der Waals surface area contributed by atoms with Crippen molar-refractivity contribution >= 4 is 17.5 Å². The van der Waals surface area contributed by atoms with Gasteiger partial charge in [-0.3, -0.25) is 0 Å². The van der Waals surface area contributed by atoms with Crippen LogP contribution in [0.5, 0.6) is 5.75 Å². The van der Waals surface area contributed by atoms with Gasteiger partial charge in [-0.15, -0.1) is 5.10 Å². The van der Waals surface area contributed by atoms with Gasteiger partial charge in [0.1, 0.15) is 5.75 Å². The maximum atomic E-state index is 5.39. The van der Waals surface area contributed by atoms with E-state index in [1.165, 1.54) is 11.3 Å². The van der Waals surface area contributed by atoms with Crippen molar-refractivity contribution in [1.29, 1.82) is 0 Å². The topological polar surface area (TPSA) is 63.2 Å². The van der Waals surface area contributed by atoms with E-state index < -0.39 is 0 Å². The molecule has 0 spiro atoms. The van der Waals surface area contributed by atoms with Gasteiger partial charge in [0, 0.05) is 18.8 Å². The van der Waals surface area contributed by atoms with Gasteiger partial charge in [-0.1, -0.05) is 36.4 Å². The lowest BCUT2D eigenvalue weighted by molar-refractivity contribution is 0.410. The molecule has 0 atom stereocenters. The Kier molecular flexibility index (Phi) is 4.64. The summed E-state index contributed by atoms with van der Waals surface area (Å²) in [6.45, 7) is 1.63. The average molecular weight is 347 g/mol. The summed E-state index contributed by atoms with van der Waals surface area (Å²) in [6.07, 6.45) is 3.56.